The number of anilines is 1. The van der Waals surface area contributed by atoms with E-state index in [1.165, 1.54) is 11.6 Å². The number of amides is 1. The van der Waals surface area contributed by atoms with Crippen LogP contribution in [0.25, 0.3) is 22.2 Å². The summed E-state index contributed by atoms with van der Waals surface area (Å²) in [5, 5.41) is 3.77. The molecule has 3 aromatic rings. The monoisotopic (exact) mass is 305 g/mol. The van der Waals surface area contributed by atoms with Gasteiger partial charge in [-0.25, -0.2) is 4.98 Å². The van der Waals surface area contributed by atoms with Gasteiger partial charge in [-0.15, -0.1) is 0 Å². The highest BCUT2D eigenvalue weighted by atomic mass is 16.1. The molecule has 1 N–H and O–H groups in total. The third-order valence-corrected chi connectivity index (χ3v) is 3.94. The minimum Gasteiger partial charge on any atom is -0.335 e. The predicted molar refractivity (Wildman–Crippen MR) is 94.4 cm³/mol. The molecule has 0 aliphatic carbocycles. The molecule has 1 aromatic carbocycles. The Bertz CT molecular complexity index is 876. The van der Waals surface area contributed by atoms with Gasteiger partial charge in [-0.05, 0) is 29.7 Å². The molecule has 116 valence electrons. The van der Waals surface area contributed by atoms with Crippen molar-refractivity contribution in [3.05, 3.63) is 60.9 Å². The summed E-state index contributed by atoms with van der Waals surface area (Å²) in [6.45, 7) is 5.61. The lowest BCUT2D eigenvalue weighted by Crippen LogP contribution is -2.07. The lowest BCUT2D eigenvalue weighted by atomic mass is 10.0. The molecule has 0 bridgehead atoms. The van der Waals surface area contributed by atoms with E-state index < -0.39 is 0 Å². The van der Waals surface area contributed by atoms with Crippen molar-refractivity contribution in [1.29, 1.82) is 0 Å². The van der Waals surface area contributed by atoms with Gasteiger partial charge in [0.25, 0.3) is 0 Å². The number of fused-ring (bicyclic) bond motifs is 1. The summed E-state index contributed by atoms with van der Waals surface area (Å²) in [5.74, 6) is -0.240. The lowest BCUT2D eigenvalue weighted by molar-refractivity contribution is -0.111. The van der Waals surface area contributed by atoms with E-state index in [0.29, 0.717) is 5.69 Å². The Kier molecular flexibility index (Phi) is 3.98. The third kappa shape index (κ3) is 2.88. The van der Waals surface area contributed by atoms with Gasteiger partial charge in [0.2, 0.25) is 5.91 Å². The maximum absolute atomic E-state index is 11.5. The molecule has 3 rings (SSSR count). The minimum absolute atomic E-state index is 0.240. The fourth-order valence-corrected chi connectivity index (χ4v) is 2.67. The van der Waals surface area contributed by atoms with E-state index in [4.69, 9.17) is 0 Å². The Morgan fingerprint density at radius 3 is 2.74 bits per heavy atom. The van der Waals surface area contributed by atoms with Crippen molar-refractivity contribution in [3.63, 3.8) is 0 Å². The number of aromatic nitrogens is 2. The molecule has 4 heteroatoms. The molecule has 1 amide bonds. The summed E-state index contributed by atoms with van der Waals surface area (Å²) in [4.78, 5) is 15.9. The van der Waals surface area contributed by atoms with Crippen LogP contribution in [0.4, 0.5) is 5.69 Å². The normalized spacial score (nSPS) is 10.7. The highest BCUT2D eigenvalue weighted by Crippen LogP contribution is 2.31. The first kappa shape index (κ1) is 15.0. The molecule has 2 heterocycles. The lowest BCUT2D eigenvalue weighted by Gasteiger charge is -2.04. The number of aryl methyl sites for hydroxylation is 2. The van der Waals surface area contributed by atoms with Gasteiger partial charge >= 0.3 is 0 Å². The molecule has 2 aromatic heterocycles. The van der Waals surface area contributed by atoms with E-state index in [-0.39, 0.29) is 5.91 Å². The van der Waals surface area contributed by atoms with E-state index in [1.807, 2.05) is 17.7 Å². The fourth-order valence-electron chi connectivity index (χ4n) is 2.67. The van der Waals surface area contributed by atoms with Crippen LogP contribution in [0, 0.1) is 0 Å². The fraction of sp³-hybridized carbons (Fsp3) is 0.158. The standard InChI is InChI=1S/C19H19N3O/c1-4-13-6-8-14(9-7-13)17-12-22(3)19-16(17)10-15(11-20-19)21-18(23)5-2/h5-12H,2,4H2,1,3H3,(H,21,23). The van der Waals surface area contributed by atoms with Gasteiger partial charge in [-0.3, -0.25) is 4.79 Å². The number of rotatable bonds is 4. The first-order valence-electron chi connectivity index (χ1n) is 7.60. The molecular weight excluding hydrogens is 286 g/mol. The Hall–Kier alpha value is -2.88. The number of nitrogens with zero attached hydrogens (tertiary/aromatic N) is 2. The Balaban J connectivity index is 2.09. The quantitative estimate of drug-likeness (QED) is 0.742. The molecule has 0 saturated heterocycles. The van der Waals surface area contributed by atoms with Gasteiger partial charge in [0.15, 0.2) is 0 Å². The van der Waals surface area contributed by atoms with Crippen LogP contribution in [0.5, 0.6) is 0 Å². The zero-order valence-electron chi connectivity index (χ0n) is 13.3. The topological polar surface area (TPSA) is 46.9 Å². The van der Waals surface area contributed by atoms with Crippen LogP contribution in [0.3, 0.4) is 0 Å². The van der Waals surface area contributed by atoms with Crippen LogP contribution in [0.2, 0.25) is 0 Å². The Morgan fingerprint density at radius 2 is 2.09 bits per heavy atom. The first-order chi connectivity index (χ1) is 11.1. The number of hydrogen-bond donors (Lipinski definition) is 1. The van der Waals surface area contributed by atoms with Crippen molar-refractivity contribution < 1.29 is 4.79 Å². The van der Waals surface area contributed by atoms with Gasteiger partial charge in [0.1, 0.15) is 5.65 Å². The SMILES string of the molecule is C=CC(=O)Nc1cnc2c(c1)c(-c1ccc(CC)cc1)cn2C. The van der Waals surface area contributed by atoms with Crippen LogP contribution in [-0.4, -0.2) is 15.5 Å². The van der Waals surface area contributed by atoms with E-state index in [9.17, 15) is 4.79 Å². The number of nitrogens with one attached hydrogen (secondary N) is 1. The second-order valence-corrected chi connectivity index (χ2v) is 5.49. The molecule has 0 unspecified atom stereocenters. The summed E-state index contributed by atoms with van der Waals surface area (Å²) in [5.41, 5.74) is 5.11. The van der Waals surface area contributed by atoms with Crippen molar-refractivity contribution in [2.45, 2.75) is 13.3 Å². The average Bonchev–Trinajstić information content (AvgIpc) is 2.91. The number of carbonyl (C=O) groups is 1. The van der Waals surface area contributed by atoms with Gasteiger partial charge < -0.3 is 9.88 Å². The molecular formula is C19H19N3O. The van der Waals surface area contributed by atoms with Crippen LogP contribution in [-0.2, 0) is 18.3 Å². The number of carbonyl (C=O) groups excluding carboxylic acids is 1. The van der Waals surface area contributed by atoms with Gasteiger partial charge in [0.05, 0.1) is 11.9 Å². The minimum atomic E-state index is -0.240. The van der Waals surface area contributed by atoms with Crippen molar-refractivity contribution in [3.8, 4) is 11.1 Å². The van der Waals surface area contributed by atoms with E-state index in [0.717, 1.165) is 28.6 Å². The van der Waals surface area contributed by atoms with Crippen molar-refractivity contribution in [2.24, 2.45) is 7.05 Å². The zero-order valence-corrected chi connectivity index (χ0v) is 13.3. The van der Waals surface area contributed by atoms with Gasteiger partial charge in [0, 0.05) is 24.2 Å². The molecule has 0 atom stereocenters. The predicted octanol–water partition coefficient (Wildman–Crippen LogP) is 3.93. The first-order valence-corrected chi connectivity index (χ1v) is 7.60. The Morgan fingerprint density at radius 1 is 1.35 bits per heavy atom. The summed E-state index contributed by atoms with van der Waals surface area (Å²) in [6, 6.07) is 10.5. The van der Waals surface area contributed by atoms with Gasteiger partial charge in [-0.2, -0.15) is 0 Å². The van der Waals surface area contributed by atoms with Crippen LogP contribution < -0.4 is 5.32 Å². The summed E-state index contributed by atoms with van der Waals surface area (Å²) < 4.78 is 2.00. The van der Waals surface area contributed by atoms with E-state index in [1.54, 1.807) is 6.20 Å². The van der Waals surface area contributed by atoms with E-state index in [2.05, 4.69) is 54.3 Å². The van der Waals surface area contributed by atoms with Gasteiger partial charge in [-0.1, -0.05) is 37.8 Å². The average molecular weight is 305 g/mol. The second-order valence-electron chi connectivity index (χ2n) is 5.49. The number of hydrogen-bond acceptors (Lipinski definition) is 2. The molecule has 23 heavy (non-hydrogen) atoms. The number of benzene rings is 1. The zero-order chi connectivity index (χ0) is 16.4. The Labute approximate surface area is 135 Å². The third-order valence-electron chi connectivity index (χ3n) is 3.94. The molecule has 0 aliphatic heterocycles. The van der Waals surface area contributed by atoms with Crippen molar-refractivity contribution in [1.82, 2.24) is 9.55 Å². The summed E-state index contributed by atoms with van der Waals surface area (Å²) in [6.07, 6.45) is 6.00. The van der Waals surface area contributed by atoms with Crippen LogP contribution >= 0.6 is 0 Å². The number of pyridine rings is 1. The molecule has 0 fully saturated rings. The second kappa shape index (κ2) is 6.08. The molecule has 0 radical (unpaired) electrons. The maximum atomic E-state index is 11.5. The summed E-state index contributed by atoms with van der Waals surface area (Å²) in [7, 11) is 1.97. The van der Waals surface area contributed by atoms with E-state index >= 15 is 0 Å². The molecule has 0 spiro atoms. The van der Waals surface area contributed by atoms with Crippen LogP contribution in [0.15, 0.2) is 55.4 Å². The molecule has 0 saturated carbocycles. The molecule has 0 aliphatic rings. The summed E-state index contributed by atoms with van der Waals surface area (Å²) >= 11 is 0. The maximum Gasteiger partial charge on any atom is 0.247 e. The highest BCUT2D eigenvalue weighted by Gasteiger charge is 2.11. The van der Waals surface area contributed by atoms with Crippen molar-refractivity contribution in [2.75, 3.05) is 5.32 Å². The van der Waals surface area contributed by atoms with Crippen molar-refractivity contribution >= 4 is 22.6 Å². The van der Waals surface area contributed by atoms with Crippen LogP contribution in [0.1, 0.15) is 12.5 Å². The smallest absolute Gasteiger partial charge is 0.247 e. The molecule has 4 nitrogen and oxygen atoms in total. The largest absolute Gasteiger partial charge is 0.335 e. The highest BCUT2D eigenvalue weighted by molar-refractivity contribution is 6.01.